The number of halogens is 2. The number of carbonyl (C=O) groups excluding carboxylic acids is 1. The van der Waals surface area contributed by atoms with E-state index in [0.717, 1.165) is 69.9 Å². The molecule has 2 aromatic carbocycles. The van der Waals surface area contributed by atoms with Gasteiger partial charge in [0.1, 0.15) is 28.6 Å². The van der Waals surface area contributed by atoms with Gasteiger partial charge in [0.2, 0.25) is 6.41 Å². The third-order valence-electron chi connectivity index (χ3n) is 7.73. The predicted molar refractivity (Wildman–Crippen MR) is 172 cm³/mol. The molecule has 2 aromatic rings. The number of carbonyl (C=O) groups is 1. The molecule has 4 rings (SSSR count). The molecule has 4 N–H and O–H groups in total. The van der Waals surface area contributed by atoms with E-state index in [9.17, 15) is 5.11 Å². The summed E-state index contributed by atoms with van der Waals surface area (Å²) in [7, 11) is 0. The van der Waals surface area contributed by atoms with Crippen molar-refractivity contribution in [3.63, 3.8) is 0 Å². The molecule has 0 radical (unpaired) electrons. The third-order valence-corrected chi connectivity index (χ3v) is 8.85. The Morgan fingerprint density at radius 1 is 1.07 bits per heavy atom. The molecular formula is C32H41ClIN3O3. The molecule has 8 heteroatoms. The molecule has 1 aliphatic carbocycles. The van der Waals surface area contributed by atoms with Gasteiger partial charge in [0, 0.05) is 36.7 Å². The van der Waals surface area contributed by atoms with Crippen molar-refractivity contribution in [2.45, 2.75) is 43.1 Å². The van der Waals surface area contributed by atoms with Gasteiger partial charge < -0.3 is 19.2 Å². The number of nitrogens with one attached hydrogen (secondary N) is 1. The van der Waals surface area contributed by atoms with Crippen molar-refractivity contribution in [2.75, 3.05) is 39.3 Å². The van der Waals surface area contributed by atoms with Crippen LogP contribution in [-0.2, 0) is 13.3 Å². The van der Waals surface area contributed by atoms with Crippen LogP contribution in [0.4, 0.5) is 0 Å². The minimum absolute atomic E-state index is 0.135. The number of aliphatic hydroxyl groups excluding tert-OH is 1. The highest BCUT2D eigenvalue weighted by atomic mass is 127. The molecule has 0 spiro atoms. The molecule has 0 aromatic heterocycles. The van der Waals surface area contributed by atoms with E-state index in [0.29, 0.717) is 0 Å². The Morgan fingerprint density at radius 3 is 2.33 bits per heavy atom. The first-order valence-corrected chi connectivity index (χ1v) is 15.1. The van der Waals surface area contributed by atoms with Crippen LogP contribution in [-0.4, -0.2) is 61.3 Å². The van der Waals surface area contributed by atoms with Crippen molar-refractivity contribution < 1.29 is 13.0 Å². The number of hydrogen-bond donors (Lipinski definition) is 3. The van der Waals surface area contributed by atoms with Crippen LogP contribution in [0, 0.1) is 0 Å². The molecule has 1 heterocycles. The summed E-state index contributed by atoms with van der Waals surface area (Å²) < 4.78 is 6.13. The normalized spacial score (nSPS) is 19.3. The fraction of sp³-hybridized carbons (Fsp3) is 0.406. The zero-order valence-electron chi connectivity index (χ0n) is 23.0. The summed E-state index contributed by atoms with van der Waals surface area (Å²) in [6.07, 6.45) is 13.3. The molecule has 216 valence electrons. The van der Waals surface area contributed by atoms with E-state index in [1.54, 1.807) is 0 Å². The van der Waals surface area contributed by atoms with Crippen molar-refractivity contribution >= 4 is 41.0 Å². The maximum Gasteiger partial charge on any atom is 0.204 e. The number of nitrogens with zero attached hydrogens (tertiary/aromatic N) is 1. The molecule has 1 fully saturated rings. The van der Waals surface area contributed by atoms with Crippen LogP contribution in [0.2, 0.25) is 0 Å². The minimum Gasteiger partial charge on any atom is -0.396 e. The van der Waals surface area contributed by atoms with E-state index in [4.69, 9.17) is 19.5 Å². The molecule has 1 atom stereocenters. The number of rotatable bonds is 13. The quantitative estimate of drug-likeness (QED) is 0.145. The highest BCUT2D eigenvalue weighted by Crippen LogP contribution is 2.39. The fourth-order valence-corrected chi connectivity index (χ4v) is 6.47. The van der Waals surface area contributed by atoms with Crippen molar-refractivity contribution in [1.29, 1.82) is 0 Å². The van der Waals surface area contributed by atoms with Gasteiger partial charge in [-0.05, 0) is 68.0 Å². The molecule has 40 heavy (non-hydrogen) atoms. The Kier molecular flexibility index (Phi) is 13.9. The number of likely N-dealkylation sites (tertiary alicyclic amines) is 1. The first-order chi connectivity index (χ1) is 19.5. The maximum absolute atomic E-state index is 9.30. The van der Waals surface area contributed by atoms with Crippen molar-refractivity contribution in [1.82, 2.24) is 10.2 Å². The maximum atomic E-state index is 9.30. The summed E-state index contributed by atoms with van der Waals surface area (Å²) in [6, 6.07) is 21.8. The van der Waals surface area contributed by atoms with Crippen LogP contribution in [0.3, 0.4) is 0 Å². The summed E-state index contributed by atoms with van der Waals surface area (Å²) in [5, 5.41) is 13.7. The number of allylic oxidation sites excluding steroid dienone is 4. The van der Waals surface area contributed by atoms with Crippen molar-refractivity contribution in [2.24, 2.45) is 5.73 Å². The monoisotopic (exact) mass is 677 g/mol. The molecule has 0 saturated carbocycles. The Labute approximate surface area is 258 Å². The van der Waals surface area contributed by atoms with Gasteiger partial charge in [-0.2, -0.15) is 0 Å². The lowest BCUT2D eigenvalue weighted by molar-refractivity contribution is -0.106. The number of primary amides is 1. The van der Waals surface area contributed by atoms with Crippen LogP contribution in [0.25, 0.3) is 0 Å². The van der Waals surface area contributed by atoms with E-state index < -0.39 is 0 Å². The van der Waals surface area contributed by atoms with Gasteiger partial charge in [-0.1, -0.05) is 90.5 Å². The van der Waals surface area contributed by atoms with Crippen molar-refractivity contribution in [3.8, 4) is 0 Å². The van der Waals surface area contributed by atoms with Gasteiger partial charge in [0.25, 0.3) is 0 Å². The second-order valence-corrected chi connectivity index (χ2v) is 11.1. The van der Waals surface area contributed by atoms with Gasteiger partial charge in [0.15, 0.2) is 0 Å². The lowest BCUT2D eigenvalue weighted by atomic mass is 9.71. The Bertz CT molecular complexity index is 1090. The highest BCUT2D eigenvalue weighted by Gasteiger charge is 2.42. The number of aliphatic hydroxyl groups is 1. The second kappa shape index (κ2) is 17.1. The molecule has 2 aliphatic rings. The zero-order valence-corrected chi connectivity index (χ0v) is 25.9. The lowest BCUT2D eigenvalue weighted by Gasteiger charge is -2.36. The third kappa shape index (κ3) is 8.74. The largest absolute Gasteiger partial charge is 0.396 e. The number of hydrogen-bond acceptors (Lipinski definition) is 5. The molecule has 1 aliphatic heterocycles. The summed E-state index contributed by atoms with van der Waals surface area (Å²) in [5.74, 6) is 0. The van der Waals surface area contributed by atoms with Crippen molar-refractivity contribution in [3.05, 3.63) is 107 Å². The van der Waals surface area contributed by atoms with E-state index in [1.165, 1.54) is 16.7 Å². The van der Waals surface area contributed by atoms with Gasteiger partial charge in [-0.25, -0.2) is 0 Å². The first kappa shape index (κ1) is 32.5. The fourth-order valence-electron chi connectivity index (χ4n) is 5.71. The smallest absolute Gasteiger partial charge is 0.204 e. The van der Waals surface area contributed by atoms with E-state index in [2.05, 4.69) is 112 Å². The highest BCUT2D eigenvalue weighted by molar-refractivity contribution is 14.1. The molecule has 6 nitrogen and oxygen atoms in total. The number of amides is 1. The molecule has 1 saturated heterocycles. The zero-order chi connectivity index (χ0) is 28.7. The van der Waals surface area contributed by atoms with Gasteiger partial charge >= 0.3 is 0 Å². The standard InChI is InChI=1S/C31H38ClIN2O2.CH3NO/c32-29-15-7-14-28(16-17-29)31(37-33)19-22-35(25-31)21-8-18-30(24-34-20-9-23-36,26-10-3-1-4-11-26)27-12-5-2-6-13-27;2-1-3/h1-6,10-17,34,36H,7-9,18-25H2;1H,(H2,2,3). The minimum atomic E-state index is -0.284. The van der Waals surface area contributed by atoms with Crippen LogP contribution in [0.15, 0.2) is 95.6 Å². The van der Waals surface area contributed by atoms with Gasteiger partial charge in [-0.15, -0.1) is 0 Å². The summed E-state index contributed by atoms with van der Waals surface area (Å²) >= 11 is 8.33. The van der Waals surface area contributed by atoms with Gasteiger partial charge in [0.05, 0.1) is 0 Å². The predicted octanol–water partition coefficient (Wildman–Crippen LogP) is 5.65. The van der Waals surface area contributed by atoms with Crippen LogP contribution < -0.4 is 11.1 Å². The van der Waals surface area contributed by atoms with E-state index >= 15 is 0 Å². The number of benzene rings is 2. The second-order valence-electron chi connectivity index (χ2n) is 10.2. The molecule has 1 amide bonds. The Hall–Kier alpha value is -2.01. The van der Waals surface area contributed by atoms with E-state index in [1.807, 2.05) is 12.2 Å². The first-order valence-electron chi connectivity index (χ1n) is 13.9. The summed E-state index contributed by atoms with van der Waals surface area (Å²) in [5.41, 5.74) is 7.65. The SMILES string of the molecule is NC=O.OCCCNCC(CCCN1CCC(OI)(C2=CCC=C(Cl)C=C2)C1)(c1ccccc1)c1ccccc1. The van der Waals surface area contributed by atoms with Gasteiger partial charge in [-0.3, -0.25) is 9.69 Å². The molecule has 1 unspecified atom stereocenters. The van der Waals surface area contributed by atoms with Crippen LogP contribution in [0.1, 0.15) is 43.2 Å². The molecule has 0 bridgehead atoms. The Morgan fingerprint density at radius 2 is 1.73 bits per heavy atom. The number of nitrogens with two attached hydrogens (primary N) is 1. The molecular weight excluding hydrogens is 637 g/mol. The van der Waals surface area contributed by atoms with E-state index in [-0.39, 0.29) is 24.0 Å². The average Bonchev–Trinajstić information content (AvgIpc) is 3.29. The van der Waals surface area contributed by atoms with Crippen LogP contribution >= 0.6 is 34.6 Å². The summed E-state index contributed by atoms with van der Waals surface area (Å²) in [6.45, 7) is 4.79. The average molecular weight is 678 g/mol. The topological polar surface area (TPSA) is 87.8 Å². The summed E-state index contributed by atoms with van der Waals surface area (Å²) in [4.78, 5) is 11.1. The van der Waals surface area contributed by atoms with Crippen LogP contribution in [0.5, 0.6) is 0 Å². The lowest BCUT2D eigenvalue weighted by Crippen LogP contribution is -2.41. The Balaban J connectivity index is 0.00000141.